The highest BCUT2D eigenvalue weighted by atomic mass is 79.9. The van der Waals surface area contributed by atoms with Crippen molar-refractivity contribution in [1.29, 1.82) is 0 Å². The highest BCUT2D eigenvalue weighted by Crippen LogP contribution is 2.36. The summed E-state index contributed by atoms with van der Waals surface area (Å²) >= 11 is 5.69. The highest BCUT2D eigenvalue weighted by molar-refractivity contribution is 9.10. The van der Waals surface area contributed by atoms with E-state index in [4.69, 9.17) is 0 Å². The van der Waals surface area contributed by atoms with Crippen molar-refractivity contribution >= 4 is 33.4 Å². The zero-order valence-electron chi connectivity index (χ0n) is 11.6. The third-order valence-electron chi connectivity index (χ3n) is 3.90. The Morgan fingerprint density at radius 2 is 1.89 bits per heavy atom. The Labute approximate surface area is 123 Å². The van der Waals surface area contributed by atoms with E-state index in [1.165, 1.54) is 39.2 Å². The summed E-state index contributed by atoms with van der Waals surface area (Å²) in [5.41, 5.74) is 4.26. The summed E-state index contributed by atoms with van der Waals surface area (Å²) in [4.78, 5) is 0. The topological polar surface area (TPSA) is 12.0 Å². The fourth-order valence-corrected chi connectivity index (χ4v) is 4.24. The second-order valence-corrected chi connectivity index (χ2v) is 7.88. The Bertz CT molecular complexity index is 419. The van der Waals surface area contributed by atoms with Crippen LogP contribution in [0.2, 0.25) is 0 Å². The van der Waals surface area contributed by atoms with Crippen molar-refractivity contribution in [3.8, 4) is 0 Å². The number of nitrogens with one attached hydrogen (secondary N) is 1. The van der Waals surface area contributed by atoms with E-state index in [1.54, 1.807) is 0 Å². The largest absolute Gasteiger partial charge is 0.381 e. The first-order chi connectivity index (χ1) is 8.40. The molecule has 0 saturated carbocycles. The van der Waals surface area contributed by atoms with E-state index in [9.17, 15) is 0 Å². The van der Waals surface area contributed by atoms with Gasteiger partial charge in [0.15, 0.2) is 0 Å². The lowest BCUT2D eigenvalue weighted by molar-refractivity contribution is 0.305. The molecule has 0 aliphatic carbocycles. The van der Waals surface area contributed by atoms with Gasteiger partial charge in [-0.2, -0.15) is 11.8 Å². The molecule has 1 aromatic carbocycles. The van der Waals surface area contributed by atoms with Crippen LogP contribution in [0.5, 0.6) is 0 Å². The number of anilines is 1. The van der Waals surface area contributed by atoms with Gasteiger partial charge in [-0.15, -0.1) is 0 Å². The number of benzene rings is 1. The van der Waals surface area contributed by atoms with E-state index >= 15 is 0 Å². The molecule has 0 spiro atoms. The fraction of sp³-hybridized carbons (Fsp3) is 0.600. The van der Waals surface area contributed by atoms with Crippen LogP contribution in [0.4, 0.5) is 5.69 Å². The van der Waals surface area contributed by atoms with Crippen molar-refractivity contribution in [1.82, 2.24) is 0 Å². The van der Waals surface area contributed by atoms with E-state index in [0.29, 0.717) is 11.5 Å². The number of rotatable bonds is 2. The molecule has 0 amide bonds. The van der Waals surface area contributed by atoms with Crippen molar-refractivity contribution in [2.75, 3.05) is 16.8 Å². The van der Waals surface area contributed by atoms with Gasteiger partial charge in [0, 0.05) is 22.0 Å². The standard InChI is InChI=1S/C15H22BrNS/c1-10-7-12(8-11(2)14(10)16)17-13-9-18-6-5-15(13,3)4/h7-8,13,17H,5-6,9H2,1-4H3. The van der Waals surface area contributed by atoms with Gasteiger partial charge in [-0.3, -0.25) is 0 Å². The van der Waals surface area contributed by atoms with Crippen molar-refractivity contribution in [2.45, 2.75) is 40.2 Å². The Morgan fingerprint density at radius 1 is 1.28 bits per heavy atom. The average molecular weight is 328 g/mol. The molecule has 0 bridgehead atoms. The molecule has 3 heteroatoms. The smallest absolute Gasteiger partial charge is 0.0403 e. The summed E-state index contributed by atoms with van der Waals surface area (Å²) in [5, 5.41) is 3.74. The van der Waals surface area contributed by atoms with Crippen molar-refractivity contribution in [3.63, 3.8) is 0 Å². The molecule has 1 nitrogen and oxygen atoms in total. The molecule has 2 rings (SSSR count). The Hall–Kier alpha value is -0.150. The first-order valence-corrected chi connectivity index (χ1v) is 8.46. The zero-order chi connectivity index (χ0) is 13.3. The lowest BCUT2D eigenvalue weighted by Gasteiger charge is -2.39. The molecule has 18 heavy (non-hydrogen) atoms. The monoisotopic (exact) mass is 327 g/mol. The first kappa shape index (κ1) is 14.3. The Morgan fingerprint density at radius 3 is 2.44 bits per heavy atom. The van der Waals surface area contributed by atoms with Gasteiger partial charge >= 0.3 is 0 Å². The van der Waals surface area contributed by atoms with Crippen LogP contribution in [0, 0.1) is 19.3 Å². The molecule has 1 N–H and O–H groups in total. The van der Waals surface area contributed by atoms with E-state index in [0.717, 1.165) is 0 Å². The summed E-state index contributed by atoms with van der Waals surface area (Å²) in [6, 6.07) is 5.05. The minimum Gasteiger partial charge on any atom is -0.381 e. The summed E-state index contributed by atoms with van der Waals surface area (Å²) in [6.07, 6.45) is 1.30. The van der Waals surface area contributed by atoms with Crippen molar-refractivity contribution in [3.05, 3.63) is 27.7 Å². The lowest BCUT2D eigenvalue weighted by atomic mass is 9.82. The normalized spacial score (nSPS) is 22.8. The van der Waals surface area contributed by atoms with Crippen LogP contribution in [0.3, 0.4) is 0 Å². The Balaban J connectivity index is 2.18. The summed E-state index contributed by atoms with van der Waals surface area (Å²) in [7, 11) is 0. The molecule has 0 aromatic heterocycles. The van der Waals surface area contributed by atoms with Crippen LogP contribution in [0.15, 0.2) is 16.6 Å². The molecule has 1 saturated heterocycles. The molecule has 1 fully saturated rings. The first-order valence-electron chi connectivity index (χ1n) is 6.51. The van der Waals surface area contributed by atoms with Crippen molar-refractivity contribution in [2.24, 2.45) is 5.41 Å². The van der Waals surface area contributed by atoms with Gasteiger partial charge in [-0.05, 0) is 54.7 Å². The van der Waals surface area contributed by atoms with Crippen LogP contribution >= 0.6 is 27.7 Å². The molecular formula is C15H22BrNS. The second-order valence-electron chi connectivity index (χ2n) is 5.93. The van der Waals surface area contributed by atoms with Gasteiger partial charge in [0.2, 0.25) is 0 Å². The number of halogens is 1. The van der Waals surface area contributed by atoms with Gasteiger partial charge in [0.25, 0.3) is 0 Å². The van der Waals surface area contributed by atoms with Gasteiger partial charge in [0.1, 0.15) is 0 Å². The van der Waals surface area contributed by atoms with Gasteiger partial charge in [-0.25, -0.2) is 0 Å². The fourth-order valence-electron chi connectivity index (χ4n) is 2.40. The molecule has 1 unspecified atom stereocenters. The van der Waals surface area contributed by atoms with Crippen LogP contribution in [-0.4, -0.2) is 17.5 Å². The van der Waals surface area contributed by atoms with Crippen molar-refractivity contribution < 1.29 is 0 Å². The van der Waals surface area contributed by atoms with Gasteiger partial charge in [-0.1, -0.05) is 29.8 Å². The minimum absolute atomic E-state index is 0.389. The number of hydrogen-bond donors (Lipinski definition) is 1. The third kappa shape index (κ3) is 3.05. The molecule has 100 valence electrons. The lowest BCUT2D eigenvalue weighted by Crippen LogP contribution is -2.41. The predicted molar refractivity (Wildman–Crippen MR) is 86.7 cm³/mol. The molecule has 1 aromatic rings. The van der Waals surface area contributed by atoms with Crippen LogP contribution in [0.1, 0.15) is 31.4 Å². The quantitative estimate of drug-likeness (QED) is 0.819. The van der Waals surface area contributed by atoms with Crippen LogP contribution < -0.4 is 5.32 Å². The minimum atomic E-state index is 0.389. The van der Waals surface area contributed by atoms with E-state index in [1.807, 2.05) is 0 Å². The summed E-state index contributed by atoms with van der Waals surface area (Å²) in [5.74, 6) is 2.50. The SMILES string of the molecule is Cc1cc(NC2CSCCC2(C)C)cc(C)c1Br. The maximum absolute atomic E-state index is 3.74. The molecule has 1 aliphatic heterocycles. The number of thioether (sulfide) groups is 1. The maximum atomic E-state index is 3.74. The van der Waals surface area contributed by atoms with E-state index < -0.39 is 0 Å². The van der Waals surface area contributed by atoms with Gasteiger partial charge < -0.3 is 5.32 Å². The van der Waals surface area contributed by atoms with Crippen LogP contribution in [0.25, 0.3) is 0 Å². The molecule has 1 aliphatic rings. The Kier molecular flexibility index (Phi) is 4.32. The molecule has 1 atom stereocenters. The summed E-state index contributed by atoms with van der Waals surface area (Å²) < 4.78 is 1.23. The maximum Gasteiger partial charge on any atom is 0.0403 e. The summed E-state index contributed by atoms with van der Waals surface area (Å²) in [6.45, 7) is 9.07. The molecular weight excluding hydrogens is 306 g/mol. The number of aryl methyl sites for hydroxylation is 2. The van der Waals surface area contributed by atoms with E-state index in [-0.39, 0.29) is 0 Å². The molecule has 1 heterocycles. The highest BCUT2D eigenvalue weighted by Gasteiger charge is 2.32. The van der Waals surface area contributed by atoms with E-state index in [2.05, 4.69) is 72.8 Å². The predicted octanol–water partition coefficient (Wildman–Crippen LogP) is 5.01. The average Bonchev–Trinajstić information content (AvgIpc) is 2.28. The second kappa shape index (κ2) is 5.46. The number of hydrogen-bond acceptors (Lipinski definition) is 2. The zero-order valence-corrected chi connectivity index (χ0v) is 14.0. The third-order valence-corrected chi connectivity index (χ3v) is 6.21. The van der Waals surface area contributed by atoms with Crippen LogP contribution in [-0.2, 0) is 0 Å². The molecule has 0 radical (unpaired) electrons. The van der Waals surface area contributed by atoms with Gasteiger partial charge in [0.05, 0.1) is 0 Å².